The number of para-hydroxylation sites is 1. The van der Waals surface area contributed by atoms with E-state index in [0.29, 0.717) is 44.5 Å². The molecular formula is C26H22FN5O3S. The molecule has 0 saturated carbocycles. The Morgan fingerprint density at radius 3 is 2.78 bits per heavy atom. The quantitative estimate of drug-likeness (QED) is 0.339. The highest BCUT2D eigenvalue weighted by molar-refractivity contribution is 7.21. The molecule has 2 aliphatic rings. The number of amides is 3. The molecule has 1 atom stereocenters. The molecule has 182 valence electrons. The standard InChI is InChI=1S/C26H22FN5O3S/c27-18-13-17(35-16-6-2-1-3-7-16)8-9-19(18)32-20-10-12-29-25-21(20)22(31-26(32)34)23(36-25)24(33)30-15-5-4-11-28-14-15/h1-3,6-10,12-13,15,28H,4-5,11,14H2,(H,30,33)(H,31,34). The fourth-order valence-corrected chi connectivity index (χ4v) is 5.59. The van der Waals surface area contributed by atoms with Crippen LogP contribution in [0.2, 0.25) is 0 Å². The molecule has 2 aromatic heterocycles. The van der Waals surface area contributed by atoms with Crippen LogP contribution in [0.5, 0.6) is 11.5 Å². The highest BCUT2D eigenvalue weighted by Crippen LogP contribution is 2.46. The Hall–Kier alpha value is -4.02. The van der Waals surface area contributed by atoms with Crippen LogP contribution >= 0.6 is 11.3 Å². The monoisotopic (exact) mass is 503 g/mol. The number of carbonyl (C=O) groups is 2. The number of hydrogen-bond acceptors (Lipinski definition) is 6. The summed E-state index contributed by atoms with van der Waals surface area (Å²) in [6.45, 7) is 1.65. The Labute approximate surface area is 210 Å². The third-order valence-corrected chi connectivity index (χ3v) is 7.32. The number of pyridine rings is 1. The largest absolute Gasteiger partial charge is 0.457 e. The molecule has 1 saturated heterocycles. The van der Waals surface area contributed by atoms with Crippen LogP contribution in [0, 0.1) is 5.82 Å². The van der Waals surface area contributed by atoms with E-state index in [4.69, 9.17) is 4.74 Å². The number of nitrogens with one attached hydrogen (secondary N) is 3. The molecule has 0 radical (unpaired) electrons. The van der Waals surface area contributed by atoms with Crippen molar-refractivity contribution in [2.45, 2.75) is 18.9 Å². The van der Waals surface area contributed by atoms with Crippen molar-refractivity contribution < 1.29 is 18.7 Å². The van der Waals surface area contributed by atoms with Gasteiger partial charge in [-0.25, -0.2) is 14.2 Å². The maximum absolute atomic E-state index is 15.3. The number of rotatable bonds is 5. The Bertz CT molecular complexity index is 1470. The third kappa shape index (κ3) is 4.04. The number of nitrogens with zero attached hydrogens (tertiary/aromatic N) is 2. The predicted octanol–water partition coefficient (Wildman–Crippen LogP) is 5.39. The lowest BCUT2D eigenvalue weighted by molar-refractivity contribution is 0.0935. The second kappa shape index (κ2) is 9.21. The van der Waals surface area contributed by atoms with Gasteiger partial charge in [0.1, 0.15) is 21.2 Å². The first kappa shape index (κ1) is 22.4. The van der Waals surface area contributed by atoms with Crippen molar-refractivity contribution in [1.29, 1.82) is 0 Å². The average Bonchev–Trinajstić information content (AvgIpc) is 3.26. The zero-order valence-electron chi connectivity index (χ0n) is 19.1. The first-order valence-electron chi connectivity index (χ1n) is 11.6. The second-order valence-electron chi connectivity index (χ2n) is 8.63. The highest BCUT2D eigenvalue weighted by atomic mass is 32.1. The molecule has 0 aliphatic carbocycles. The van der Waals surface area contributed by atoms with Crippen molar-refractivity contribution >= 4 is 50.6 Å². The van der Waals surface area contributed by atoms with Gasteiger partial charge in [-0.2, -0.15) is 0 Å². The van der Waals surface area contributed by atoms with Crippen molar-refractivity contribution in [2.75, 3.05) is 23.3 Å². The SMILES string of the molecule is O=C(NC1CCCNC1)c1sc2nccc3c2c1NC(=O)N3c1ccc(Oc2ccccc2)cc1F. The van der Waals surface area contributed by atoms with Crippen molar-refractivity contribution in [3.05, 3.63) is 71.5 Å². The van der Waals surface area contributed by atoms with Gasteiger partial charge < -0.3 is 20.7 Å². The van der Waals surface area contributed by atoms with Crippen LogP contribution in [0.1, 0.15) is 22.5 Å². The topological polar surface area (TPSA) is 95.6 Å². The molecule has 0 spiro atoms. The summed E-state index contributed by atoms with van der Waals surface area (Å²) in [5, 5.41) is 9.74. The maximum Gasteiger partial charge on any atom is 0.331 e. The van der Waals surface area contributed by atoms with Crippen LogP contribution in [-0.2, 0) is 0 Å². The summed E-state index contributed by atoms with van der Waals surface area (Å²) in [6.07, 6.45) is 3.44. The van der Waals surface area contributed by atoms with Crippen LogP contribution < -0.4 is 25.6 Å². The number of benzene rings is 2. The van der Waals surface area contributed by atoms with E-state index in [0.717, 1.165) is 19.4 Å². The summed E-state index contributed by atoms with van der Waals surface area (Å²) in [4.78, 5) is 33.0. The summed E-state index contributed by atoms with van der Waals surface area (Å²) in [7, 11) is 0. The molecule has 0 bridgehead atoms. The van der Waals surface area contributed by atoms with Crippen molar-refractivity contribution in [3.8, 4) is 11.5 Å². The van der Waals surface area contributed by atoms with Gasteiger partial charge in [-0.3, -0.25) is 9.69 Å². The van der Waals surface area contributed by atoms with E-state index in [1.54, 1.807) is 30.5 Å². The lowest BCUT2D eigenvalue weighted by atomic mass is 10.1. The molecule has 2 aromatic carbocycles. The summed E-state index contributed by atoms with van der Waals surface area (Å²) in [6, 6.07) is 14.5. The van der Waals surface area contributed by atoms with Gasteiger partial charge in [-0.05, 0) is 49.7 Å². The Balaban J connectivity index is 1.34. The van der Waals surface area contributed by atoms with E-state index in [2.05, 4.69) is 20.9 Å². The minimum Gasteiger partial charge on any atom is -0.457 e. The van der Waals surface area contributed by atoms with E-state index < -0.39 is 11.8 Å². The number of thiophene rings is 1. The minimum absolute atomic E-state index is 0.0256. The summed E-state index contributed by atoms with van der Waals surface area (Å²) < 4.78 is 21.0. The lowest BCUT2D eigenvalue weighted by Crippen LogP contribution is -2.45. The number of anilines is 3. The van der Waals surface area contributed by atoms with Crippen molar-refractivity contribution in [1.82, 2.24) is 15.6 Å². The molecule has 1 fully saturated rings. The van der Waals surface area contributed by atoms with Crippen LogP contribution in [0.4, 0.5) is 26.2 Å². The van der Waals surface area contributed by atoms with E-state index in [9.17, 15) is 9.59 Å². The van der Waals surface area contributed by atoms with Crippen LogP contribution in [-0.4, -0.2) is 36.1 Å². The Kier molecular flexibility index (Phi) is 5.74. The van der Waals surface area contributed by atoms with Gasteiger partial charge in [0.2, 0.25) is 0 Å². The minimum atomic E-state index is -0.620. The first-order chi connectivity index (χ1) is 17.6. The van der Waals surface area contributed by atoms with Crippen LogP contribution in [0.15, 0.2) is 60.8 Å². The van der Waals surface area contributed by atoms with Crippen LogP contribution in [0.3, 0.4) is 0 Å². The van der Waals surface area contributed by atoms with Gasteiger partial charge in [0, 0.05) is 24.8 Å². The molecule has 1 unspecified atom stereocenters. The first-order valence-corrected chi connectivity index (χ1v) is 12.5. The number of piperidine rings is 1. The number of halogens is 1. The van der Waals surface area contributed by atoms with E-state index in [1.165, 1.54) is 28.4 Å². The molecule has 3 N–H and O–H groups in total. The third-order valence-electron chi connectivity index (χ3n) is 6.22. The fraction of sp³-hybridized carbons (Fsp3) is 0.192. The number of carbonyl (C=O) groups excluding carboxylic acids is 2. The molecule has 2 aliphatic heterocycles. The molecule has 8 nitrogen and oxygen atoms in total. The van der Waals surface area contributed by atoms with Gasteiger partial charge in [-0.15, -0.1) is 11.3 Å². The van der Waals surface area contributed by atoms with Gasteiger partial charge in [0.25, 0.3) is 5.91 Å². The molecule has 4 aromatic rings. The van der Waals surface area contributed by atoms with Gasteiger partial charge in [0.05, 0.1) is 22.4 Å². The second-order valence-corrected chi connectivity index (χ2v) is 9.63. The summed E-state index contributed by atoms with van der Waals surface area (Å²) in [5.41, 5.74) is 0.936. The number of aromatic nitrogens is 1. The average molecular weight is 504 g/mol. The molecule has 4 heterocycles. The smallest absolute Gasteiger partial charge is 0.331 e. The van der Waals surface area contributed by atoms with Gasteiger partial charge in [-0.1, -0.05) is 18.2 Å². The van der Waals surface area contributed by atoms with Crippen molar-refractivity contribution in [2.24, 2.45) is 0 Å². The number of urea groups is 1. The predicted molar refractivity (Wildman–Crippen MR) is 137 cm³/mol. The Morgan fingerprint density at radius 1 is 1.14 bits per heavy atom. The van der Waals surface area contributed by atoms with E-state index >= 15 is 4.39 Å². The zero-order chi connectivity index (χ0) is 24.6. The Morgan fingerprint density at radius 2 is 2.00 bits per heavy atom. The molecule has 6 rings (SSSR count). The van der Waals surface area contributed by atoms with Gasteiger partial charge in [0.15, 0.2) is 5.82 Å². The van der Waals surface area contributed by atoms with Crippen LogP contribution in [0.25, 0.3) is 10.2 Å². The molecule has 36 heavy (non-hydrogen) atoms. The van der Waals surface area contributed by atoms with E-state index in [-0.39, 0.29) is 17.6 Å². The maximum atomic E-state index is 15.3. The molecule has 3 amide bonds. The number of ether oxygens (including phenoxy) is 1. The van der Waals surface area contributed by atoms with Gasteiger partial charge >= 0.3 is 6.03 Å². The lowest BCUT2D eigenvalue weighted by Gasteiger charge is -2.29. The zero-order valence-corrected chi connectivity index (χ0v) is 19.9. The van der Waals surface area contributed by atoms with E-state index in [1.807, 2.05) is 18.2 Å². The number of hydrogen-bond donors (Lipinski definition) is 3. The summed E-state index contributed by atoms with van der Waals surface area (Å²) in [5.74, 6) is 0.0149. The highest BCUT2D eigenvalue weighted by Gasteiger charge is 2.34. The summed E-state index contributed by atoms with van der Waals surface area (Å²) >= 11 is 1.21. The molecule has 10 heteroatoms. The van der Waals surface area contributed by atoms with Crippen molar-refractivity contribution in [3.63, 3.8) is 0 Å². The normalized spacial score (nSPS) is 17.1. The molecular weight excluding hydrogens is 481 g/mol. The fourth-order valence-electron chi connectivity index (χ4n) is 4.57.